The Morgan fingerprint density at radius 2 is 2.47 bits per heavy atom. The van der Waals surface area contributed by atoms with Gasteiger partial charge in [0.15, 0.2) is 0 Å². The number of hydrogen-bond donors (Lipinski definition) is 2. The summed E-state index contributed by atoms with van der Waals surface area (Å²) >= 11 is 0. The first-order valence-electron chi connectivity index (χ1n) is 5.15. The Morgan fingerprint density at radius 3 is 2.93 bits per heavy atom. The zero-order valence-electron chi connectivity index (χ0n) is 9.45. The molecule has 3 atom stereocenters. The SMILES string of the molecule is COC(=O)C(C)NCC1(O)CCOC1C. The third kappa shape index (κ3) is 2.90. The van der Waals surface area contributed by atoms with Gasteiger partial charge in [0.2, 0.25) is 0 Å². The number of carbonyl (C=O) groups is 1. The Hall–Kier alpha value is -0.650. The second kappa shape index (κ2) is 4.92. The summed E-state index contributed by atoms with van der Waals surface area (Å²) in [7, 11) is 1.34. The van der Waals surface area contributed by atoms with E-state index < -0.39 is 11.6 Å². The van der Waals surface area contributed by atoms with Gasteiger partial charge < -0.3 is 19.9 Å². The van der Waals surface area contributed by atoms with Gasteiger partial charge in [0.1, 0.15) is 11.6 Å². The van der Waals surface area contributed by atoms with Crippen molar-refractivity contribution in [3.8, 4) is 0 Å². The van der Waals surface area contributed by atoms with Gasteiger partial charge in [0.25, 0.3) is 0 Å². The normalized spacial score (nSPS) is 32.7. The summed E-state index contributed by atoms with van der Waals surface area (Å²) < 4.78 is 9.85. The molecule has 0 spiro atoms. The van der Waals surface area contributed by atoms with Gasteiger partial charge in [-0.05, 0) is 13.8 Å². The summed E-state index contributed by atoms with van der Waals surface area (Å²) in [6.45, 7) is 4.43. The molecule has 0 saturated carbocycles. The lowest BCUT2D eigenvalue weighted by Gasteiger charge is -2.27. The van der Waals surface area contributed by atoms with E-state index >= 15 is 0 Å². The maximum absolute atomic E-state index is 11.1. The molecule has 2 N–H and O–H groups in total. The van der Waals surface area contributed by atoms with Gasteiger partial charge in [0, 0.05) is 19.6 Å². The molecule has 0 radical (unpaired) electrons. The van der Waals surface area contributed by atoms with E-state index in [0.29, 0.717) is 19.6 Å². The van der Waals surface area contributed by atoms with Crippen LogP contribution in [0.1, 0.15) is 20.3 Å². The highest BCUT2D eigenvalue weighted by atomic mass is 16.5. The molecule has 1 rings (SSSR count). The third-order valence-electron chi connectivity index (χ3n) is 2.93. The molecule has 0 aromatic heterocycles. The minimum atomic E-state index is -0.873. The minimum Gasteiger partial charge on any atom is -0.468 e. The highest BCUT2D eigenvalue weighted by Gasteiger charge is 2.39. The molecule has 1 fully saturated rings. The standard InChI is InChI=1S/C10H19NO4/c1-7(9(12)14-3)11-6-10(13)4-5-15-8(10)2/h7-8,11,13H,4-6H2,1-3H3. The molecule has 15 heavy (non-hydrogen) atoms. The average Bonchev–Trinajstić information content (AvgIpc) is 2.55. The van der Waals surface area contributed by atoms with Crippen LogP contribution in [0.15, 0.2) is 0 Å². The van der Waals surface area contributed by atoms with E-state index in [-0.39, 0.29) is 12.1 Å². The summed E-state index contributed by atoms with van der Waals surface area (Å²) in [5.41, 5.74) is -0.873. The first kappa shape index (κ1) is 12.4. The van der Waals surface area contributed by atoms with Crippen molar-refractivity contribution in [2.24, 2.45) is 0 Å². The van der Waals surface area contributed by atoms with E-state index in [2.05, 4.69) is 10.1 Å². The van der Waals surface area contributed by atoms with Gasteiger partial charge >= 0.3 is 5.97 Å². The van der Waals surface area contributed by atoms with Crippen LogP contribution in [0, 0.1) is 0 Å². The van der Waals surface area contributed by atoms with Crippen molar-refractivity contribution in [2.45, 2.75) is 38.0 Å². The zero-order valence-corrected chi connectivity index (χ0v) is 9.45. The fraction of sp³-hybridized carbons (Fsp3) is 0.900. The van der Waals surface area contributed by atoms with Gasteiger partial charge in [-0.25, -0.2) is 0 Å². The van der Waals surface area contributed by atoms with E-state index in [4.69, 9.17) is 4.74 Å². The molecule has 0 amide bonds. The van der Waals surface area contributed by atoms with Crippen LogP contribution >= 0.6 is 0 Å². The molecule has 88 valence electrons. The molecule has 3 unspecified atom stereocenters. The van der Waals surface area contributed by atoms with Crippen LogP contribution in [0.3, 0.4) is 0 Å². The molecule has 1 heterocycles. The smallest absolute Gasteiger partial charge is 0.322 e. The van der Waals surface area contributed by atoms with E-state index in [1.165, 1.54) is 7.11 Å². The van der Waals surface area contributed by atoms with E-state index in [1.807, 2.05) is 6.92 Å². The number of rotatable bonds is 4. The lowest BCUT2D eigenvalue weighted by atomic mass is 9.96. The van der Waals surface area contributed by atoms with Crippen molar-refractivity contribution < 1.29 is 19.4 Å². The van der Waals surface area contributed by atoms with Crippen molar-refractivity contribution >= 4 is 5.97 Å². The van der Waals surface area contributed by atoms with Crippen LogP contribution < -0.4 is 5.32 Å². The Bertz CT molecular complexity index is 233. The summed E-state index contributed by atoms with van der Waals surface area (Å²) in [5.74, 6) is -0.329. The van der Waals surface area contributed by atoms with E-state index in [9.17, 15) is 9.90 Å². The van der Waals surface area contributed by atoms with Gasteiger partial charge in [-0.3, -0.25) is 4.79 Å². The van der Waals surface area contributed by atoms with Crippen molar-refractivity contribution in [1.29, 1.82) is 0 Å². The molecule has 0 aliphatic carbocycles. The highest BCUT2D eigenvalue weighted by Crippen LogP contribution is 2.24. The Kier molecular flexibility index (Phi) is 4.07. The molecular weight excluding hydrogens is 198 g/mol. The van der Waals surface area contributed by atoms with Crippen LogP contribution in [0.4, 0.5) is 0 Å². The van der Waals surface area contributed by atoms with Crippen molar-refractivity contribution in [3.63, 3.8) is 0 Å². The van der Waals surface area contributed by atoms with Crippen LogP contribution in [0.5, 0.6) is 0 Å². The van der Waals surface area contributed by atoms with Gasteiger partial charge in [0.05, 0.1) is 13.2 Å². The van der Waals surface area contributed by atoms with Gasteiger partial charge in [-0.15, -0.1) is 0 Å². The number of carbonyl (C=O) groups excluding carboxylic acids is 1. The Morgan fingerprint density at radius 1 is 1.80 bits per heavy atom. The van der Waals surface area contributed by atoms with E-state index in [0.717, 1.165) is 0 Å². The van der Waals surface area contributed by atoms with Crippen LogP contribution in [-0.2, 0) is 14.3 Å². The molecule has 0 aromatic carbocycles. The predicted octanol–water partition coefficient (Wildman–Crippen LogP) is -0.323. The molecule has 1 aliphatic rings. The van der Waals surface area contributed by atoms with Crippen molar-refractivity contribution in [2.75, 3.05) is 20.3 Å². The largest absolute Gasteiger partial charge is 0.468 e. The number of methoxy groups -OCH3 is 1. The molecule has 0 bridgehead atoms. The first-order chi connectivity index (χ1) is 6.99. The van der Waals surface area contributed by atoms with E-state index in [1.54, 1.807) is 6.92 Å². The molecule has 5 heteroatoms. The molecule has 1 aliphatic heterocycles. The van der Waals surface area contributed by atoms with Gasteiger partial charge in [-0.2, -0.15) is 0 Å². The molecular formula is C10H19NO4. The lowest BCUT2D eigenvalue weighted by molar-refractivity contribution is -0.143. The number of hydrogen-bond acceptors (Lipinski definition) is 5. The topological polar surface area (TPSA) is 67.8 Å². The first-order valence-corrected chi connectivity index (χ1v) is 5.15. The molecule has 5 nitrogen and oxygen atoms in total. The van der Waals surface area contributed by atoms with Crippen LogP contribution in [0.2, 0.25) is 0 Å². The summed E-state index contributed by atoms with van der Waals surface area (Å²) in [5, 5.41) is 13.1. The highest BCUT2D eigenvalue weighted by molar-refractivity contribution is 5.75. The Balaban J connectivity index is 2.39. The number of aliphatic hydroxyl groups is 1. The van der Waals surface area contributed by atoms with Crippen molar-refractivity contribution in [3.05, 3.63) is 0 Å². The van der Waals surface area contributed by atoms with Crippen LogP contribution in [-0.4, -0.2) is 49.1 Å². The number of esters is 1. The number of ether oxygens (including phenoxy) is 2. The second-order valence-electron chi connectivity index (χ2n) is 3.99. The monoisotopic (exact) mass is 217 g/mol. The zero-order chi connectivity index (χ0) is 11.5. The summed E-state index contributed by atoms with van der Waals surface area (Å²) in [6.07, 6.45) is 0.393. The van der Waals surface area contributed by atoms with Crippen LogP contribution in [0.25, 0.3) is 0 Å². The minimum absolute atomic E-state index is 0.199. The Labute approximate surface area is 89.8 Å². The van der Waals surface area contributed by atoms with Gasteiger partial charge in [-0.1, -0.05) is 0 Å². The molecule has 0 aromatic rings. The average molecular weight is 217 g/mol. The summed E-state index contributed by atoms with van der Waals surface area (Å²) in [6, 6.07) is -0.410. The van der Waals surface area contributed by atoms with Crippen molar-refractivity contribution in [1.82, 2.24) is 5.32 Å². The maximum Gasteiger partial charge on any atom is 0.322 e. The lowest BCUT2D eigenvalue weighted by Crippen LogP contribution is -2.49. The third-order valence-corrected chi connectivity index (χ3v) is 2.93. The number of nitrogens with one attached hydrogen (secondary N) is 1. The predicted molar refractivity (Wildman–Crippen MR) is 54.5 cm³/mol. The fourth-order valence-corrected chi connectivity index (χ4v) is 1.59. The quantitative estimate of drug-likeness (QED) is 0.632. The summed E-state index contributed by atoms with van der Waals surface area (Å²) in [4.78, 5) is 11.1. The molecule has 1 saturated heterocycles. The maximum atomic E-state index is 11.1. The second-order valence-corrected chi connectivity index (χ2v) is 3.99. The fourth-order valence-electron chi connectivity index (χ4n) is 1.59.